The maximum atomic E-state index is 14.9. The highest BCUT2D eigenvalue weighted by molar-refractivity contribution is 5.95. The SMILES string of the molecule is CCC1CN(CCOc2ccc(C3Oc4ccc(O)cc4C(C)=C3c3cc(F)ccc3F)cc2)C1. The molecule has 1 fully saturated rings. The zero-order chi connectivity index (χ0) is 24.5. The van der Waals surface area contributed by atoms with Crippen LogP contribution in [0.15, 0.2) is 60.7 Å². The lowest BCUT2D eigenvalue weighted by molar-refractivity contribution is 0.0806. The third kappa shape index (κ3) is 4.76. The zero-order valence-corrected chi connectivity index (χ0v) is 19.9. The molecule has 0 bridgehead atoms. The Morgan fingerprint density at radius 3 is 2.51 bits per heavy atom. The van der Waals surface area contributed by atoms with Gasteiger partial charge >= 0.3 is 0 Å². The van der Waals surface area contributed by atoms with Crippen LogP contribution in [0.5, 0.6) is 17.2 Å². The van der Waals surface area contributed by atoms with E-state index < -0.39 is 17.7 Å². The fraction of sp³-hybridized carbons (Fsp3) is 0.310. The van der Waals surface area contributed by atoms with Crippen molar-refractivity contribution in [3.63, 3.8) is 0 Å². The van der Waals surface area contributed by atoms with Crippen molar-refractivity contribution < 1.29 is 23.4 Å². The van der Waals surface area contributed by atoms with E-state index in [1.807, 2.05) is 31.2 Å². The minimum absolute atomic E-state index is 0.0779. The number of benzene rings is 3. The summed E-state index contributed by atoms with van der Waals surface area (Å²) in [7, 11) is 0. The molecule has 2 aliphatic rings. The molecule has 2 heterocycles. The molecule has 0 amide bonds. The molecule has 0 saturated carbocycles. The van der Waals surface area contributed by atoms with Gasteiger partial charge in [0.25, 0.3) is 0 Å². The lowest BCUT2D eigenvalue weighted by atomic mass is 9.86. The van der Waals surface area contributed by atoms with Crippen molar-refractivity contribution in [1.82, 2.24) is 4.90 Å². The van der Waals surface area contributed by atoms with Crippen LogP contribution >= 0.6 is 0 Å². The smallest absolute Gasteiger partial charge is 0.150 e. The van der Waals surface area contributed by atoms with Crippen LogP contribution in [0.2, 0.25) is 0 Å². The number of hydrogen-bond acceptors (Lipinski definition) is 4. The van der Waals surface area contributed by atoms with Gasteiger partial charge in [0.2, 0.25) is 0 Å². The van der Waals surface area contributed by atoms with Crippen molar-refractivity contribution in [2.75, 3.05) is 26.2 Å². The van der Waals surface area contributed by atoms with E-state index in [9.17, 15) is 13.9 Å². The Bertz CT molecular complexity index is 1250. The number of fused-ring (bicyclic) bond motifs is 1. The van der Waals surface area contributed by atoms with Crippen LogP contribution in [-0.2, 0) is 0 Å². The van der Waals surface area contributed by atoms with Crippen LogP contribution in [0.3, 0.4) is 0 Å². The number of allylic oxidation sites excluding steroid dienone is 1. The third-order valence-electron chi connectivity index (χ3n) is 6.97. The van der Waals surface area contributed by atoms with Gasteiger partial charge in [0.1, 0.15) is 41.6 Å². The summed E-state index contributed by atoms with van der Waals surface area (Å²) >= 11 is 0. The van der Waals surface area contributed by atoms with E-state index in [1.165, 1.54) is 12.5 Å². The van der Waals surface area contributed by atoms with E-state index in [1.54, 1.807) is 18.2 Å². The molecule has 5 rings (SSSR count). The largest absolute Gasteiger partial charge is 0.508 e. The molecule has 35 heavy (non-hydrogen) atoms. The molecule has 0 radical (unpaired) electrons. The normalized spacial score (nSPS) is 18.1. The van der Waals surface area contributed by atoms with Gasteiger partial charge in [-0.05, 0) is 72.5 Å². The predicted octanol–water partition coefficient (Wildman–Crippen LogP) is 6.46. The van der Waals surface area contributed by atoms with Crippen LogP contribution in [0.25, 0.3) is 11.1 Å². The van der Waals surface area contributed by atoms with Crippen LogP contribution in [0, 0.1) is 17.6 Å². The molecular weight excluding hydrogens is 448 g/mol. The molecule has 0 aromatic heterocycles. The molecule has 2 aliphatic heterocycles. The summed E-state index contributed by atoms with van der Waals surface area (Å²) in [4.78, 5) is 2.39. The topological polar surface area (TPSA) is 41.9 Å². The Kier molecular flexibility index (Phi) is 6.48. The summed E-state index contributed by atoms with van der Waals surface area (Å²) < 4.78 is 41.2. The van der Waals surface area contributed by atoms with E-state index in [0.717, 1.165) is 54.6 Å². The van der Waals surface area contributed by atoms with Gasteiger partial charge in [0, 0.05) is 36.3 Å². The first-order valence-corrected chi connectivity index (χ1v) is 12.0. The van der Waals surface area contributed by atoms with E-state index in [0.29, 0.717) is 23.5 Å². The average Bonchev–Trinajstić information content (AvgIpc) is 2.83. The summed E-state index contributed by atoms with van der Waals surface area (Å²) in [6, 6.07) is 15.8. The summed E-state index contributed by atoms with van der Waals surface area (Å²) in [6.07, 6.45) is 0.577. The Morgan fingerprint density at radius 1 is 1.00 bits per heavy atom. The minimum atomic E-state index is -0.649. The Balaban J connectivity index is 1.41. The summed E-state index contributed by atoms with van der Waals surface area (Å²) in [5.41, 5.74) is 2.83. The molecule has 3 aromatic carbocycles. The van der Waals surface area contributed by atoms with Gasteiger partial charge in [0.15, 0.2) is 0 Å². The van der Waals surface area contributed by atoms with Crippen molar-refractivity contribution in [2.45, 2.75) is 26.4 Å². The van der Waals surface area contributed by atoms with Crippen LogP contribution < -0.4 is 9.47 Å². The number of nitrogens with zero attached hydrogens (tertiary/aromatic N) is 1. The number of halogens is 2. The van der Waals surface area contributed by atoms with Crippen LogP contribution in [-0.4, -0.2) is 36.2 Å². The van der Waals surface area contributed by atoms with Gasteiger partial charge in [-0.25, -0.2) is 8.78 Å². The number of hydrogen-bond donors (Lipinski definition) is 1. The van der Waals surface area contributed by atoms with Crippen molar-refractivity contribution >= 4 is 11.1 Å². The molecule has 1 saturated heterocycles. The van der Waals surface area contributed by atoms with Gasteiger partial charge in [0.05, 0.1) is 0 Å². The number of ether oxygens (including phenoxy) is 2. The maximum absolute atomic E-state index is 14.9. The summed E-state index contributed by atoms with van der Waals surface area (Å²) in [6.45, 7) is 7.86. The first-order chi connectivity index (χ1) is 16.9. The highest BCUT2D eigenvalue weighted by Gasteiger charge is 2.31. The molecule has 1 atom stereocenters. The highest BCUT2D eigenvalue weighted by atomic mass is 19.1. The Morgan fingerprint density at radius 2 is 1.77 bits per heavy atom. The van der Waals surface area contributed by atoms with Crippen LogP contribution in [0.4, 0.5) is 8.78 Å². The molecule has 3 aromatic rings. The predicted molar refractivity (Wildman–Crippen MR) is 132 cm³/mol. The standard InChI is InChI=1S/C29H29F2NO3/c1-3-19-16-32(17-19)12-13-34-23-8-4-20(5-9-23)29-28(25-14-21(30)6-10-26(25)31)18(2)24-15-22(33)7-11-27(24)35-29/h4-11,14-15,19,29,33H,3,12-13,16-17H2,1-2H3. The first kappa shape index (κ1) is 23.4. The number of phenolic OH excluding ortho intramolecular Hbond substituents is 1. The Hall–Kier alpha value is -3.38. The minimum Gasteiger partial charge on any atom is -0.508 e. The van der Waals surface area contributed by atoms with E-state index in [2.05, 4.69) is 11.8 Å². The molecule has 1 N–H and O–H groups in total. The van der Waals surface area contributed by atoms with Crippen molar-refractivity contribution in [3.8, 4) is 17.2 Å². The van der Waals surface area contributed by atoms with Gasteiger partial charge in [-0.1, -0.05) is 25.5 Å². The molecule has 0 spiro atoms. The first-order valence-electron chi connectivity index (χ1n) is 12.0. The lowest BCUT2D eigenvalue weighted by Crippen LogP contribution is -2.47. The molecular formula is C29H29F2NO3. The van der Waals surface area contributed by atoms with Crippen molar-refractivity contribution in [1.29, 1.82) is 0 Å². The molecule has 1 unspecified atom stereocenters. The quantitative estimate of drug-likeness (QED) is 0.424. The monoisotopic (exact) mass is 477 g/mol. The van der Waals surface area contributed by atoms with Gasteiger partial charge in [-0.15, -0.1) is 0 Å². The summed E-state index contributed by atoms with van der Waals surface area (Å²) in [5, 5.41) is 10.00. The zero-order valence-electron chi connectivity index (χ0n) is 19.9. The number of aromatic hydroxyl groups is 1. The Labute approximate surface area is 204 Å². The van der Waals surface area contributed by atoms with Crippen LogP contribution in [0.1, 0.15) is 43.1 Å². The number of likely N-dealkylation sites (tertiary alicyclic amines) is 1. The third-order valence-corrected chi connectivity index (χ3v) is 6.97. The van der Waals surface area contributed by atoms with Crippen molar-refractivity contribution in [2.24, 2.45) is 5.92 Å². The van der Waals surface area contributed by atoms with E-state index in [-0.39, 0.29) is 11.3 Å². The van der Waals surface area contributed by atoms with Gasteiger partial charge in [-0.2, -0.15) is 0 Å². The van der Waals surface area contributed by atoms with Gasteiger partial charge < -0.3 is 14.6 Å². The number of phenols is 1. The molecule has 6 heteroatoms. The highest BCUT2D eigenvalue weighted by Crippen LogP contribution is 2.48. The second-order valence-electron chi connectivity index (χ2n) is 9.29. The molecule has 4 nitrogen and oxygen atoms in total. The second-order valence-corrected chi connectivity index (χ2v) is 9.29. The van der Waals surface area contributed by atoms with Gasteiger partial charge in [-0.3, -0.25) is 4.90 Å². The van der Waals surface area contributed by atoms with E-state index >= 15 is 0 Å². The molecule has 182 valence electrons. The second kappa shape index (κ2) is 9.70. The summed E-state index contributed by atoms with van der Waals surface area (Å²) in [5.74, 6) is 1.15. The fourth-order valence-electron chi connectivity index (χ4n) is 4.87. The average molecular weight is 478 g/mol. The number of rotatable bonds is 7. The van der Waals surface area contributed by atoms with E-state index in [4.69, 9.17) is 9.47 Å². The lowest BCUT2D eigenvalue weighted by Gasteiger charge is -2.38. The van der Waals surface area contributed by atoms with Crippen molar-refractivity contribution in [3.05, 3.63) is 89.0 Å². The maximum Gasteiger partial charge on any atom is 0.150 e. The fourth-order valence-corrected chi connectivity index (χ4v) is 4.87. The molecule has 0 aliphatic carbocycles.